The van der Waals surface area contributed by atoms with E-state index in [1.165, 1.54) is 4.90 Å². The van der Waals surface area contributed by atoms with Crippen molar-refractivity contribution in [3.05, 3.63) is 53.7 Å². The van der Waals surface area contributed by atoms with Crippen LogP contribution in [0.2, 0.25) is 0 Å². The summed E-state index contributed by atoms with van der Waals surface area (Å²) in [6.07, 6.45) is 0.957. The number of nitriles is 1. The molecule has 1 aromatic heterocycles. The maximum Gasteiger partial charge on any atom is 0.169 e. The number of halogens is 2. The molecule has 0 unspecified atom stereocenters. The van der Waals surface area contributed by atoms with Crippen molar-refractivity contribution in [3.63, 3.8) is 0 Å². The van der Waals surface area contributed by atoms with Gasteiger partial charge in [0, 0.05) is 18.8 Å². The third-order valence-corrected chi connectivity index (χ3v) is 2.49. The van der Waals surface area contributed by atoms with Crippen molar-refractivity contribution in [2.45, 2.75) is 0 Å². The highest BCUT2D eigenvalue weighted by molar-refractivity contribution is 5.60. The van der Waals surface area contributed by atoms with Crippen LogP contribution in [0.4, 0.5) is 20.3 Å². The van der Waals surface area contributed by atoms with E-state index in [9.17, 15) is 8.78 Å². The first-order chi connectivity index (χ1) is 8.61. The topological polar surface area (TPSA) is 39.9 Å². The lowest BCUT2D eigenvalue weighted by molar-refractivity contribution is 0.573. The monoisotopic (exact) mass is 245 g/mol. The minimum absolute atomic E-state index is 0.0288. The maximum absolute atomic E-state index is 13.5. The van der Waals surface area contributed by atoms with E-state index in [4.69, 9.17) is 5.26 Å². The predicted octanol–water partition coefficient (Wildman–Crippen LogP) is 3.00. The highest BCUT2D eigenvalue weighted by Gasteiger charge is 2.11. The fourth-order valence-corrected chi connectivity index (χ4v) is 1.54. The summed E-state index contributed by atoms with van der Waals surface area (Å²) in [6.45, 7) is 0. The third kappa shape index (κ3) is 2.28. The summed E-state index contributed by atoms with van der Waals surface area (Å²) in [7, 11) is 1.62. The Bertz CT molecular complexity index is 603. The molecular weight excluding hydrogens is 236 g/mol. The SMILES string of the molecule is CN(c1ccc(C#N)cc1)c1ncc(F)cc1F. The molecule has 18 heavy (non-hydrogen) atoms. The van der Waals surface area contributed by atoms with Gasteiger partial charge in [0.1, 0.15) is 5.82 Å². The summed E-state index contributed by atoms with van der Waals surface area (Å²) in [6, 6.07) is 9.35. The van der Waals surface area contributed by atoms with E-state index in [1.807, 2.05) is 6.07 Å². The van der Waals surface area contributed by atoms with Crippen LogP contribution in [0, 0.1) is 23.0 Å². The zero-order valence-corrected chi connectivity index (χ0v) is 9.56. The van der Waals surface area contributed by atoms with Crippen molar-refractivity contribution < 1.29 is 8.78 Å². The molecule has 2 aromatic rings. The summed E-state index contributed by atoms with van der Waals surface area (Å²) in [5.41, 5.74) is 1.17. The highest BCUT2D eigenvalue weighted by Crippen LogP contribution is 2.24. The Morgan fingerprint density at radius 2 is 1.89 bits per heavy atom. The fraction of sp³-hybridized carbons (Fsp3) is 0.0769. The number of hydrogen-bond acceptors (Lipinski definition) is 3. The van der Waals surface area contributed by atoms with Gasteiger partial charge in [0.15, 0.2) is 11.6 Å². The van der Waals surface area contributed by atoms with Gasteiger partial charge >= 0.3 is 0 Å². The van der Waals surface area contributed by atoms with Crippen LogP contribution in [0.25, 0.3) is 0 Å². The van der Waals surface area contributed by atoms with E-state index in [-0.39, 0.29) is 5.82 Å². The van der Waals surface area contributed by atoms with Gasteiger partial charge < -0.3 is 4.90 Å². The van der Waals surface area contributed by atoms with Crippen LogP contribution >= 0.6 is 0 Å². The fourth-order valence-electron chi connectivity index (χ4n) is 1.54. The molecule has 0 saturated heterocycles. The Morgan fingerprint density at radius 1 is 1.22 bits per heavy atom. The first-order valence-corrected chi connectivity index (χ1v) is 5.17. The van der Waals surface area contributed by atoms with E-state index < -0.39 is 11.6 Å². The predicted molar refractivity (Wildman–Crippen MR) is 63.4 cm³/mol. The van der Waals surface area contributed by atoms with Crippen molar-refractivity contribution in [2.75, 3.05) is 11.9 Å². The molecular formula is C13H9F2N3. The van der Waals surface area contributed by atoms with Gasteiger partial charge in [0.2, 0.25) is 0 Å². The van der Waals surface area contributed by atoms with Crippen LogP contribution in [-0.4, -0.2) is 12.0 Å². The van der Waals surface area contributed by atoms with E-state index >= 15 is 0 Å². The Kier molecular flexibility index (Phi) is 3.20. The number of nitrogens with zero attached hydrogens (tertiary/aromatic N) is 3. The van der Waals surface area contributed by atoms with Crippen LogP contribution in [0.5, 0.6) is 0 Å². The Balaban J connectivity index is 2.35. The summed E-state index contributed by atoms with van der Waals surface area (Å²) in [5.74, 6) is -1.42. The molecule has 0 N–H and O–H groups in total. The lowest BCUT2D eigenvalue weighted by atomic mass is 10.2. The van der Waals surface area contributed by atoms with Crippen LogP contribution < -0.4 is 4.90 Å². The summed E-state index contributed by atoms with van der Waals surface area (Å²) in [4.78, 5) is 5.19. The van der Waals surface area contributed by atoms with Crippen LogP contribution in [0.15, 0.2) is 36.5 Å². The standard InChI is InChI=1S/C13H9F2N3/c1-18(11-4-2-9(7-16)3-5-11)13-12(15)6-10(14)8-17-13/h2-6,8H,1H3. The van der Waals surface area contributed by atoms with Gasteiger partial charge in [-0.25, -0.2) is 13.8 Å². The van der Waals surface area contributed by atoms with Crippen molar-refractivity contribution in [1.82, 2.24) is 4.98 Å². The molecule has 0 radical (unpaired) electrons. The van der Waals surface area contributed by atoms with Crippen LogP contribution in [0.3, 0.4) is 0 Å². The molecule has 0 fully saturated rings. The number of anilines is 2. The molecule has 0 saturated carbocycles. The summed E-state index contributed by atoms with van der Waals surface area (Å²) < 4.78 is 26.3. The minimum Gasteiger partial charge on any atom is -0.327 e. The molecule has 1 heterocycles. The first-order valence-electron chi connectivity index (χ1n) is 5.17. The molecule has 0 aliphatic carbocycles. The van der Waals surface area contributed by atoms with E-state index in [0.29, 0.717) is 11.3 Å². The van der Waals surface area contributed by atoms with Gasteiger partial charge in [-0.05, 0) is 24.3 Å². The quantitative estimate of drug-likeness (QED) is 0.816. The van der Waals surface area contributed by atoms with E-state index in [2.05, 4.69) is 4.98 Å². The van der Waals surface area contributed by atoms with Gasteiger partial charge in [-0.3, -0.25) is 0 Å². The number of rotatable bonds is 2. The smallest absolute Gasteiger partial charge is 0.169 e. The van der Waals surface area contributed by atoms with Crippen LogP contribution in [-0.2, 0) is 0 Å². The van der Waals surface area contributed by atoms with E-state index in [0.717, 1.165) is 12.3 Å². The molecule has 3 nitrogen and oxygen atoms in total. The molecule has 0 atom stereocenters. The maximum atomic E-state index is 13.5. The highest BCUT2D eigenvalue weighted by atomic mass is 19.1. The van der Waals surface area contributed by atoms with Crippen molar-refractivity contribution in [3.8, 4) is 6.07 Å². The van der Waals surface area contributed by atoms with Crippen molar-refractivity contribution in [1.29, 1.82) is 5.26 Å². The van der Waals surface area contributed by atoms with Crippen LogP contribution in [0.1, 0.15) is 5.56 Å². The first kappa shape index (κ1) is 12.0. The molecule has 1 aromatic carbocycles. The molecule has 0 aliphatic heterocycles. The molecule has 2 rings (SSSR count). The normalized spacial score (nSPS) is 9.89. The summed E-state index contributed by atoms with van der Waals surface area (Å²) in [5, 5.41) is 8.68. The number of aromatic nitrogens is 1. The lowest BCUT2D eigenvalue weighted by Crippen LogP contribution is -2.13. The second kappa shape index (κ2) is 4.80. The molecule has 0 bridgehead atoms. The Morgan fingerprint density at radius 3 is 2.44 bits per heavy atom. The Labute approximate surface area is 103 Å². The molecule has 0 spiro atoms. The average Bonchev–Trinajstić information content (AvgIpc) is 2.38. The number of hydrogen-bond donors (Lipinski definition) is 0. The zero-order chi connectivity index (χ0) is 13.1. The third-order valence-electron chi connectivity index (χ3n) is 2.49. The average molecular weight is 245 g/mol. The van der Waals surface area contributed by atoms with E-state index in [1.54, 1.807) is 31.3 Å². The minimum atomic E-state index is -0.734. The number of benzene rings is 1. The number of pyridine rings is 1. The van der Waals surface area contributed by atoms with Gasteiger partial charge in [0.05, 0.1) is 17.8 Å². The molecule has 0 aliphatic rings. The molecule has 5 heteroatoms. The Hall–Kier alpha value is -2.48. The van der Waals surface area contributed by atoms with Crippen molar-refractivity contribution in [2.24, 2.45) is 0 Å². The second-order valence-corrected chi connectivity index (χ2v) is 3.68. The molecule has 0 amide bonds. The van der Waals surface area contributed by atoms with Gasteiger partial charge in [-0.1, -0.05) is 0 Å². The molecule has 90 valence electrons. The lowest BCUT2D eigenvalue weighted by Gasteiger charge is -2.18. The van der Waals surface area contributed by atoms with Gasteiger partial charge in [-0.2, -0.15) is 5.26 Å². The van der Waals surface area contributed by atoms with Crippen molar-refractivity contribution >= 4 is 11.5 Å². The zero-order valence-electron chi connectivity index (χ0n) is 9.56. The van der Waals surface area contributed by atoms with Gasteiger partial charge in [-0.15, -0.1) is 0 Å². The second-order valence-electron chi connectivity index (χ2n) is 3.68. The summed E-state index contributed by atoms with van der Waals surface area (Å²) >= 11 is 0. The largest absolute Gasteiger partial charge is 0.327 e. The van der Waals surface area contributed by atoms with Gasteiger partial charge in [0.25, 0.3) is 0 Å².